The number of hydrogen-bond acceptors (Lipinski definition) is 4. The van der Waals surface area contributed by atoms with Crippen LogP contribution in [0.15, 0.2) is 29.7 Å². The van der Waals surface area contributed by atoms with Gasteiger partial charge in [0.15, 0.2) is 5.03 Å². The highest BCUT2D eigenvalue weighted by atomic mass is 32.2. The van der Waals surface area contributed by atoms with Crippen LogP contribution in [-0.2, 0) is 17.1 Å². The van der Waals surface area contributed by atoms with Gasteiger partial charge in [-0.25, -0.2) is 4.98 Å². The highest BCUT2D eigenvalue weighted by Crippen LogP contribution is 2.25. The monoisotopic (exact) mass is 280 g/mol. The number of anilines is 2. The Morgan fingerprint density at radius 2 is 1.89 bits per heavy atom. The van der Waals surface area contributed by atoms with Crippen molar-refractivity contribution in [2.75, 3.05) is 10.5 Å². The molecule has 0 aliphatic heterocycles. The highest BCUT2D eigenvalue weighted by molar-refractivity contribution is 7.92. The average molecular weight is 280 g/mol. The smallest absolute Gasteiger partial charge is 0.281 e. The molecule has 1 aromatic heterocycles. The molecule has 0 fully saturated rings. The number of hydrogen-bond donors (Lipinski definition) is 2. The van der Waals surface area contributed by atoms with Crippen molar-refractivity contribution in [1.82, 2.24) is 9.55 Å². The maximum atomic E-state index is 12.1. The Kier molecular flexibility index (Phi) is 3.23. The summed E-state index contributed by atoms with van der Waals surface area (Å²) in [6.07, 6.45) is 2.86. The molecule has 102 valence electrons. The Balaban J connectivity index is 2.38. The summed E-state index contributed by atoms with van der Waals surface area (Å²) >= 11 is 0. The van der Waals surface area contributed by atoms with E-state index in [1.54, 1.807) is 23.7 Å². The number of imidazole rings is 1. The standard InChI is InChI=1S/C12H16N4O2S/c1-8-4-10(13)11(5-9(8)2)15-19(17,18)12-6-16(3)7-14-12/h4-7,15H,13H2,1-3H3. The normalized spacial score (nSPS) is 11.5. The average Bonchev–Trinajstić information content (AvgIpc) is 2.73. The third-order valence-electron chi connectivity index (χ3n) is 2.87. The van der Waals surface area contributed by atoms with Crippen LogP contribution in [-0.4, -0.2) is 18.0 Å². The number of sulfonamides is 1. The van der Waals surface area contributed by atoms with Crippen molar-refractivity contribution in [3.8, 4) is 0 Å². The number of nitrogens with two attached hydrogens (primary N) is 1. The molecule has 0 atom stereocenters. The van der Waals surface area contributed by atoms with Crippen LogP contribution in [0.25, 0.3) is 0 Å². The van der Waals surface area contributed by atoms with Gasteiger partial charge in [0.25, 0.3) is 10.0 Å². The van der Waals surface area contributed by atoms with E-state index in [2.05, 4.69) is 9.71 Å². The van der Waals surface area contributed by atoms with Gasteiger partial charge in [-0.05, 0) is 37.1 Å². The number of nitrogens with zero attached hydrogens (tertiary/aromatic N) is 2. The van der Waals surface area contributed by atoms with E-state index in [9.17, 15) is 8.42 Å². The summed E-state index contributed by atoms with van der Waals surface area (Å²) in [5.74, 6) is 0. The fourth-order valence-electron chi connectivity index (χ4n) is 1.65. The molecule has 2 aromatic rings. The summed E-state index contributed by atoms with van der Waals surface area (Å²) in [6.45, 7) is 3.82. The molecule has 2 rings (SSSR count). The van der Waals surface area contributed by atoms with Gasteiger partial charge >= 0.3 is 0 Å². The minimum atomic E-state index is -3.71. The van der Waals surface area contributed by atoms with Crippen molar-refractivity contribution < 1.29 is 8.42 Å². The van der Waals surface area contributed by atoms with Crippen molar-refractivity contribution in [2.24, 2.45) is 7.05 Å². The molecule has 0 bridgehead atoms. The molecular formula is C12H16N4O2S. The maximum Gasteiger partial charge on any atom is 0.281 e. The second kappa shape index (κ2) is 4.58. The first-order valence-corrected chi connectivity index (χ1v) is 7.15. The van der Waals surface area contributed by atoms with Crippen molar-refractivity contribution in [3.63, 3.8) is 0 Å². The molecule has 1 aromatic carbocycles. The van der Waals surface area contributed by atoms with Crippen molar-refractivity contribution in [2.45, 2.75) is 18.9 Å². The molecule has 6 nitrogen and oxygen atoms in total. The van der Waals surface area contributed by atoms with E-state index in [0.717, 1.165) is 11.1 Å². The highest BCUT2D eigenvalue weighted by Gasteiger charge is 2.18. The van der Waals surface area contributed by atoms with E-state index in [1.165, 1.54) is 12.5 Å². The number of rotatable bonds is 3. The van der Waals surface area contributed by atoms with E-state index < -0.39 is 10.0 Å². The van der Waals surface area contributed by atoms with Crippen LogP contribution in [0, 0.1) is 13.8 Å². The molecule has 0 saturated carbocycles. The van der Waals surface area contributed by atoms with Crippen LogP contribution < -0.4 is 10.5 Å². The largest absolute Gasteiger partial charge is 0.397 e. The number of benzene rings is 1. The lowest BCUT2D eigenvalue weighted by atomic mass is 10.1. The molecule has 0 aliphatic carbocycles. The van der Waals surface area contributed by atoms with Crippen LogP contribution in [0.5, 0.6) is 0 Å². The quantitative estimate of drug-likeness (QED) is 0.832. The van der Waals surface area contributed by atoms with Gasteiger partial charge in [-0.2, -0.15) is 8.42 Å². The first-order valence-electron chi connectivity index (χ1n) is 5.67. The Labute approximate surface area is 112 Å². The van der Waals surface area contributed by atoms with E-state index in [0.29, 0.717) is 11.4 Å². The maximum absolute atomic E-state index is 12.1. The van der Waals surface area contributed by atoms with E-state index in [1.807, 2.05) is 13.8 Å². The second-order valence-corrected chi connectivity index (χ2v) is 6.14. The first-order chi connectivity index (χ1) is 8.79. The molecule has 0 aliphatic rings. The van der Waals surface area contributed by atoms with Gasteiger partial charge in [0.1, 0.15) is 0 Å². The number of aromatic nitrogens is 2. The van der Waals surface area contributed by atoms with Crippen LogP contribution in [0.3, 0.4) is 0 Å². The van der Waals surface area contributed by atoms with E-state index in [4.69, 9.17) is 5.73 Å². The SMILES string of the molecule is Cc1cc(N)c(NS(=O)(=O)c2cn(C)cn2)cc1C. The molecule has 7 heteroatoms. The van der Waals surface area contributed by atoms with Gasteiger partial charge in [-0.15, -0.1) is 0 Å². The van der Waals surface area contributed by atoms with Crippen LogP contribution >= 0.6 is 0 Å². The Morgan fingerprint density at radius 3 is 2.47 bits per heavy atom. The molecule has 0 saturated heterocycles. The van der Waals surface area contributed by atoms with Gasteiger partial charge in [0, 0.05) is 13.2 Å². The van der Waals surface area contributed by atoms with Crippen molar-refractivity contribution in [1.29, 1.82) is 0 Å². The predicted octanol–water partition coefficient (Wildman–Crippen LogP) is 1.42. The zero-order chi connectivity index (χ0) is 14.2. The summed E-state index contributed by atoms with van der Waals surface area (Å²) in [5, 5.41) is -0.0346. The molecule has 0 amide bonds. The van der Waals surface area contributed by atoms with E-state index in [-0.39, 0.29) is 5.03 Å². The van der Waals surface area contributed by atoms with Gasteiger partial charge < -0.3 is 10.3 Å². The molecule has 1 heterocycles. The van der Waals surface area contributed by atoms with Gasteiger partial charge in [-0.1, -0.05) is 0 Å². The minimum absolute atomic E-state index is 0.0346. The van der Waals surface area contributed by atoms with Crippen molar-refractivity contribution in [3.05, 3.63) is 35.8 Å². The summed E-state index contributed by atoms with van der Waals surface area (Å²) in [7, 11) is -2.00. The van der Waals surface area contributed by atoms with Crippen LogP contribution in [0.2, 0.25) is 0 Å². The number of nitrogen functional groups attached to an aromatic ring is 1. The minimum Gasteiger partial charge on any atom is -0.397 e. The van der Waals surface area contributed by atoms with Gasteiger partial charge in [0.2, 0.25) is 0 Å². The third-order valence-corrected chi connectivity index (χ3v) is 4.12. The lowest BCUT2D eigenvalue weighted by molar-refractivity contribution is 0.598. The molecule has 0 unspecified atom stereocenters. The molecule has 0 radical (unpaired) electrons. The summed E-state index contributed by atoms with van der Waals surface area (Å²) in [5.41, 5.74) is 8.57. The summed E-state index contributed by atoms with van der Waals surface area (Å²) < 4.78 is 28.3. The molecular weight excluding hydrogens is 264 g/mol. The summed E-state index contributed by atoms with van der Waals surface area (Å²) in [6, 6.07) is 3.46. The number of nitrogens with one attached hydrogen (secondary N) is 1. The fourth-order valence-corrected chi connectivity index (χ4v) is 2.71. The van der Waals surface area contributed by atoms with Gasteiger partial charge in [0.05, 0.1) is 17.7 Å². The molecule has 19 heavy (non-hydrogen) atoms. The van der Waals surface area contributed by atoms with Crippen LogP contribution in [0.4, 0.5) is 11.4 Å². The third kappa shape index (κ3) is 2.70. The zero-order valence-electron chi connectivity index (χ0n) is 11.0. The van der Waals surface area contributed by atoms with Gasteiger partial charge in [-0.3, -0.25) is 4.72 Å². The topological polar surface area (TPSA) is 90.0 Å². The lowest BCUT2D eigenvalue weighted by Gasteiger charge is -2.11. The Hall–Kier alpha value is -2.02. The molecule has 3 N–H and O–H groups in total. The van der Waals surface area contributed by atoms with E-state index >= 15 is 0 Å². The second-order valence-electron chi connectivity index (χ2n) is 4.51. The Morgan fingerprint density at radius 1 is 1.26 bits per heavy atom. The number of aryl methyl sites for hydroxylation is 3. The fraction of sp³-hybridized carbons (Fsp3) is 0.250. The predicted molar refractivity (Wildman–Crippen MR) is 74.3 cm³/mol. The van der Waals surface area contributed by atoms with Crippen LogP contribution in [0.1, 0.15) is 11.1 Å². The summed E-state index contributed by atoms with van der Waals surface area (Å²) in [4.78, 5) is 3.82. The zero-order valence-corrected chi connectivity index (χ0v) is 11.8. The first kappa shape index (κ1) is 13.4. The lowest BCUT2D eigenvalue weighted by Crippen LogP contribution is -2.15. The van der Waals surface area contributed by atoms with Crippen molar-refractivity contribution >= 4 is 21.4 Å². The molecule has 0 spiro atoms. The Bertz CT molecular complexity index is 719.